The zero-order valence-electron chi connectivity index (χ0n) is 18.7. The summed E-state index contributed by atoms with van der Waals surface area (Å²) in [7, 11) is 0. The lowest BCUT2D eigenvalue weighted by atomic mass is 9.74. The first kappa shape index (κ1) is 22.3. The van der Waals surface area contributed by atoms with Crippen LogP contribution in [0.3, 0.4) is 0 Å². The molecule has 1 saturated carbocycles. The number of piperidine rings is 3. The molecule has 8 heteroatoms. The van der Waals surface area contributed by atoms with Crippen molar-refractivity contribution in [1.29, 1.82) is 0 Å². The number of aryl methyl sites for hydroxylation is 1. The van der Waals surface area contributed by atoms with E-state index in [1.165, 1.54) is 12.1 Å². The number of carbonyl (C=O) groups excluding carboxylic acids is 1. The van der Waals surface area contributed by atoms with Crippen molar-refractivity contribution >= 4 is 5.91 Å². The molecule has 176 valence electrons. The van der Waals surface area contributed by atoms with E-state index in [4.69, 9.17) is 4.98 Å². The van der Waals surface area contributed by atoms with Gasteiger partial charge in [0.1, 0.15) is 5.82 Å². The Morgan fingerprint density at radius 1 is 1.15 bits per heavy atom. The minimum Gasteiger partial charge on any atom is -0.354 e. The number of carbonyl (C=O) groups is 1. The first-order valence-electron chi connectivity index (χ1n) is 11.8. The third-order valence-electron chi connectivity index (χ3n) is 7.61. The molecule has 33 heavy (non-hydrogen) atoms. The zero-order chi connectivity index (χ0) is 23.2. The van der Waals surface area contributed by atoms with E-state index in [0.29, 0.717) is 35.6 Å². The minimum absolute atomic E-state index is 0.202. The Balaban J connectivity index is 1.29. The van der Waals surface area contributed by atoms with Gasteiger partial charge in [0, 0.05) is 42.2 Å². The highest BCUT2D eigenvalue weighted by Crippen LogP contribution is 2.42. The summed E-state index contributed by atoms with van der Waals surface area (Å²) < 4.78 is 38.8. The highest BCUT2D eigenvalue weighted by atomic mass is 19.4. The molecule has 1 aromatic carbocycles. The Morgan fingerprint density at radius 3 is 2.52 bits per heavy atom. The molecule has 4 aliphatic rings. The maximum absolute atomic E-state index is 12.9. The van der Waals surface area contributed by atoms with Crippen LogP contribution in [0.1, 0.15) is 55.1 Å². The summed E-state index contributed by atoms with van der Waals surface area (Å²) in [5, 5.41) is 3.16. The molecule has 4 heterocycles. The van der Waals surface area contributed by atoms with Gasteiger partial charge in [-0.05, 0) is 63.3 Å². The van der Waals surface area contributed by atoms with Crippen LogP contribution in [-0.4, -0.2) is 46.5 Å². The van der Waals surface area contributed by atoms with Crippen LogP contribution in [0.2, 0.25) is 0 Å². The van der Waals surface area contributed by atoms with Crippen LogP contribution in [0.15, 0.2) is 30.3 Å². The number of amides is 1. The smallest absolute Gasteiger partial charge is 0.354 e. The highest BCUT2D eigenvalue weighted by molar-refractivity contribution is 5.79. The van der Waals surface area contributed by atoms with Crippen LogP contribution in [0.25, 0.3) is 11.3 Å². The van der Waals surface area contributed by atoms with Crippen LogP contribution >= 0.6 is 0 Å². The topological polar surface area (TPSA) is 58.1 Å². The SMILES string of the molecule is Cc1nc(-c2ccc(C(F)(F)F)cc2)cc(C2CN3CCC2CC3CNC(=O)C2CCC2)n1. The number of hydrogen-bond donors (Lipinski definition) is 1. The number of nitrogens with zero attached hydrogens (tertiary/aromatic N) is 3. The molecule has 0 radical (unpaired) electrons. The molecule has 0 spiro atoms. The molecule has 1 aromatic heterocycles. The van der Waals surface area contributed by atoms with Gasteiger partial charge in [0.05, 0.1) is 11.3 Å². The molecule has 3 saturated heterocycles. The Kier molecular flexibility index (Phi) is 5.89. The Bertz CT molecular complexity index is 1020. The number of rotatable bonds is 5. The molecule has 6 rings (SSSR count). The number of halogens is 3. The first-order chi connectivity index (χ1) is 15.8. The monoisotopic (exact) mass is 458 g/mol. The van der Waals surface area contributed by atoms with Crippen LogP contribution in [0, 0.1) is 18.8 Å². The van der Waals surface area contributed by atoms with Crippen LogP contribution < -0.4 is 5.32 Å². The molecular formula is C25H29F3N4O. The molecule has 1 aliphatic carbocycles. The predicted molar refractivity (Wildman–Crippen MR) is 118 cm³/mol. The molecule has 3 aliphatic heterocycles. The molecule has 1 N–H and O–H groups in total. The number of alkyl halides is 3. The normalized spacial score (nSPS) is 27.3. The van der Waals surface area contributed by atoms with E-state index in [9.17, 15) is 18.0 Å². The summed E-state index contributed by atoms with van der Waals surface area (Å²) in [6.07, 6.45) is 0.947. The van der Waals surface area contributed by atoms with Crippen molar-refractivity contribution in [2.75, 3.05) is 19.6 Å². The summed E-state index contributed by atoms with van der Waals surface area (Å²) in [5.74, 6) is 1.79. The van der Waals surface area contributed by atoms with Gasteiger partial charge in [0.25, 0.3) is 0 Å². The molecule has 2 bridgehead atoms. The number of benzene rings is 1. The lowest BCUT2D eigenvalue weighted by Gasteiger charge is -2.50. The summed E-state index contributed by atoms with van der Waals surface area (Å²) in [5.41, 5.74) is 1.62. The van der Waals surface area contributed by atoms with Crippen molar-refractivity contribution in [3.05, 3.63) is 47.4 Å². The van der Waals surface area contributed by atoms with Gasteiger partial charge in [-0.25, -0.2) is 9.97 Å². The van der Waals surface area contributed by atoms with Crippen LogP contribution in [-0.2, 0) is 11.0 Å². The Labute approximate surface area is 191 Å². The average molecular weight is 459 g/mol. The molecule has 1 amide bonds. The first-order valence-corrected chi connectivity index (χ1v) is 11.8. The molecule has 4 fully saturated rings. The van der Waals surface area contributed by atoms with Crippen molar-refractivity contribution in [1.82, 2.24) is 20.2 Å². The predicted octanol–water partition coefficient (Wildman–Crippen LogP) is 4.56. The molecule has 2 aromatic rings. The van der Waals surface area contributed by atoms with Gasteiger partial charge in [0.2, 0.25) is 5.91 Å². The fourth-order valence-corrected chi connectivity index (χ4v) is 5.48. The third kappa shape index (κ3) is 4.63. The van der Waals surface area contributed by atoms with E-state index in [2.05, 4.69) is 15.2 Å². The second-order valence-corrected chi connectivity index (χ2v) is 9.71. The molecular weight excluding hydrogens is 429 g/mol. The van der Waals surface area contributed by atoms with E-state index in [0.717, 1.165) is 63.0 Å². The van der Waals surface area contributed by atoms with Gasteiger partial charge < -0.3 is 5.32 Å². The van der Waals surface area contributed by atoms with E-state index in [-0.39, 0.29) is 17.7 Å². The molecule has 4 unspecified atom stereocenters. The summed E-state index contributed by atoms with van der Waals surface area (Å²) >= 11 is 0. The standard InChI is InChI=1S/C25H29F3N4O/c1-15-30-22(16-5-7-19(8-6-16)25(26,27)28)12-23(31-15)21-14-32-10-9-18(21)11-20(32)13-29-24(33)17-3-2-4-17/h5-8,12,17-18,20-21H,2-4,9-11,13-14H2,1H3,(H,29,33). The third-order valence-corrected chi connectivity index (χ3v) is 7.61. The van der Waals surface area contributed by atoms with Crippen LogP contribution in [0.4, 0.5) is 13.2 Å². The van der Waals surface area contributed by atoms with E-state index < -0.39 is 11.7 Å². The van der Waals surface area contributed by atoms with E-state index >= 15 is 0 Å². The van der Waals surface area contributed by atoms with Gasteiger partial charge >= 0.3 is 6.18 Å². The minimum atomic E-state index is -4.35. The van der Waals surface area contributed by atoms with Gasteiger partial charge in [-0.1, -0.05) is 18.6 Å². The lowest BCUT2D eigenvalue weighted by molar-refractivity contribution is -0.137. The maximum Gasteiger partial charge on any atom is 0.416 e. The summed E-state index contributed by atoms with van der Waals surface area (Å²) in [6, 6.07) is 7.46. The van der Waals surface area contributed by atoms with Crippen molar-refractivity contribution < 1.29 is 18.0 Å². The van der Waals surface area contributed by atoms with Gasteiger partial charge in [0.15, 0.2) is 0 Å². The number of nitrogens with one attached hydrogen (secondary N) is 1. The van der Waals surface area contributed by atoms with E-state index in [1.807, 2.05) is 13.0 Å². The summed E-state index contributed by atoms with van der Waals surface area (Å²) in [4.78, 5) is 23.9. The molecule has 5 nitrogen and oxygen atoms in total. The second kappa shape index (κ2) is 8.70. The van der Waals surface area contributed by atoms with Gasteiger partial charge in [-0.15, -0.1) is 0 Å². The average Bonchev–Trinajstić information content (AvgIpc) is 2.76. The molecule has 4 atom stereocenters. The zero-order valence-corrected chi connectivity index (χ0v) is 18.7. The number of aromatic nitrogens is 2. The Hall–Kier alpha value is -2.48. The lowest BCUT2D eigenvalue weighted by Crippen LogP contribution is -2.56. The van der Waals surface area contributed by atoms with Gasteiger partial charge in [-0.3, -0.25) is 9.69 Å². The highest BCUT2D eigenvalue weighted by Gasteiger charge is 2.41. The fraction of sp³-hybridized carbons (Fsp3) is 0.560. The number of hydrogen-bond acceptors (Lipinski definition) is 4. The van der Waals surface area contributed by atoms with Gasteiger partial charge in [-0.2, -0.15) is 13.2 Å². The Morgan fingerprint density at radius 2 is 1.91 bits per heavy atom. The van der Waals surface area contributed by atoms with Crippen molar-refractivity contribution in [3.8, 4) is 11.3 Å². The maximum atomic E-state index is 12.9. The fourth-order valence-electron chi connectivity index (χ4n) is 5.48. The number of fused-ring (bicyclic) bond motifs is 3. The van der Waals surface area contributed by atoms with Crippen molar-refractivity contribution in [2.45, 2.75) is 57.2 Å². The summed E-state index contributed by atoms with van der Waals surface area (Å²) in [6.45, 7) is 4.45. The van der Waals surface area contributed by atoms with Crippen LogP contribution in [0.5, 0.6) is 0 Å². The quantitative estimate of drug-likeness (QED) is 0.714. The van der Waals surface area contributed by atoms with Crippen molar-refractivity contribution in [2.24, 2.45) is 11.8 Å². The largest absolute Gasteiger partial charge is 0.416 e. The van der Waals surface area contributed by atoms with Crippen molar-refractivity contribution in [3.63, 3.8) is 0 Å². The van der Waals surface area contributed by atoms with E-state index in [1.54, 1.807) is 0 Å². The second-order valence-electron chi connectivity index (χ2n) is 9.71.